The van der Waals surface area contributed by atoms with E-state index in [1.165, 1.54) is 19.2 Å². The zero-order valence-electron chi connectivity index (χ0n) is 21.2. The third-order valence-electron chi connectivity index (χ3n) is 6.74. The lowest BCUT2D eigenvalue weighted by Crippen LogP contribution is -2.52. The molecule has 10 nitrogen and oxygen atoms in total. The minimum Gasteiger partial charge on any atom is -0.495 e. The van der Waals surface area contributed by atoms with Crippen LogP contribution in [0.1, 0.15) is 58.1 Å². The zero-order chi connectivity index (χ0) is 26.7. The Labute approximate surface area is 211 Å². The van der Waals surface area contributed by atoms with E-state index in [4.69, 9.17) is 9.47 Å². The number of non-ortho nitro benzene ring substituents is 1. The Kier molecular flexibility index (Phi) is 8.12. The second-order valence-corrected chi connectivity index (χ2v) is 10.8. The highest BCUT2D eigenvalue weighted by Gasteiger charge is 2.41. The third kappa shape index (κ3) is 5.40. The molecule has 0 radical (unpaired) electrons. The average molecular weight is 520 g/mol. The Morgan fingerprint density at radius 1 is 1.25 bits per heavy atom. The van der Waals surface area contributed by atoms with Crippen molar-refractivity contribution in [1.82, 2.24) is 5.32 Å². The van der Waals surface area contributed by atoms with Gasteiger partial charge in [-0.15, -0.1) is 0 Å². The predicted octanol–water partition coefficient (Wildman–Crippen LogP) is 4.35. The quantitative estimate of drug-likeness (QED) is 0.365. The van der Waals surface area contributed by atoms with E-state index in [1.54, 1.807) is 6.92 Å². The van der Waals surface area contributed by atoms with E-state index in [2.05, 4.69) is 5.32 Å². The summed E-state index contributed by atoms with van der Waals surface area (Å²) in [5, 5.41) is 14.4. The SMILES string of the molecule is CC[C@H](C(=O)N[C@@H]1CC(CC)(CC)Oc2ccccc21)N(c1cc([N+](=O)[O-])ccc1OC)S(C)(=O)=O. The van der Waals surface area contributed by atoms with Gasteiger partial charge in [0.05, 0.1) is 24.3 Å². The van der Waals surface area contributed by atoms with Crippen molar-refractivity contribution in [3.05, 3.63) is 58.1 Å². The molecule has 0 aliphatic carbocycles. The molecule has 2 aromatic rings. The van der Waals surface area contributed by atoms with E-state index >= 15 is 0 Å². The van der Waals surface area contributed by atoms with Crippen LogP contribution in [0.25, 0.3) is 0 Å². The molecule has 196 valence electrons. The predicted molar refractivity (Wildman–Crippen MR) is 137 cm³/mol. The topological polar surface area (TPSA) is 128 Å². The lowest BCUT2D eigenvalue weighted by atomic mass is 9.83. The van der Waals surface area contributed by atoms with Crippen molar-refractivity contribution < 1.29 is 27.6 Å². The molecular weight excluding hydrogens is 486 g/mol. The van der Waals surface area contributed by atoms with Gasteiger partial charge in [-0.05, 0) is 31.4 Å². The van der Waals surface area contributed by atoms with Gasteiger partial charge >= 0.3 is 0 Å². The van der Waals surface area contributed by atoms with E-state index in [0.29, 0.717) is 12.2 Å². The number of benzene rings is 2. The van der Waals surface area contributed by atoms with Gasteiger partial charge in [0, 0.05) is 24.1 Å². The highest BCUT2D eigenvalue weighted by molar-refractivity contribution is 7.92. The summed E-state index contributed by atoms with van der Waals surface area (Å²) in [6, 6.07) is 9.57. The summed E-state index contributed by atoms with van der Waals surface area (Å²) in [6.45, 7) is 5.75. The Morgan fingerprint density at radius 3 is 2.47 bits per heavy atom. The lowest BCUT2D eigenvalue weighted by molar-refractivity contribution is -0.384. The van der Waals surface area contributed by atoms with Crippen LogP contribution in [0.5, 0.6) is 11.5 Å². The summed E-state index contributed by atoms with van der Waals surface area (Å²) >= 11 is 0. The van der Waals surface area contributed by atoms with Gasteiger partial charge in [0.2, 0.25) is 15.9 Å². The monoisotopic (exact) mass is 519 g/mol. The molecule has 0 aromatic heterocycles. The second kappa shape index (κ2) is 10.7. The van der Waals surface area contributed by atoms with Gasteiger partial charge in [0.15, 0.2) is 0 Å². The van der Waals surface area contributed by atoms with Gasteiger partial charge in [-0.3, -0.25) is 19.2 Å². The van der Waals surface area contributed by atoms with E-state index in [1.807, 2.05) is 38.1 Å². The van der Waals surface area contributed by atoms with Crippen LogP contribution in [-0.2, 0) is 14.8 Å². The normalized spacial score (nSPS) is 17.3. The molecule has 11 heteroatoms. The summed E-state index contributed by atoms with van der Waals surface area (Å²) in [5.41, 5.74) is -0.0332. The van der Waals surface area contributed by atoms with Crippen LogP contribution in [-0.4, -0.2) is 44.3 Å². The number of amides is 1. The molecule has 36 heavy (non-hydrogen) atoms. The molecule has 1 aliphatic heterocycles. The number of rotatable bonds is 10. The van der Waals surface area contributed by atoms with Crippen molar-refractivity contribution >= 4 is 27.3 Å². The van der Waals surface area contributed by atoms with Crippen LogP contribution in [0, 0.1) is 10.1 Å². The van der Waals surface area contributed by atoms with Crippen molar-refractivity contribution in [1.29, 1.82) is 0 Å². The maximum atomic E-state index is 13.7. The Bertz CT molecular complexity index is 1230. The van der Waals surface area contributed by atoms with Crippen LogP contribution >= 0.6 is 0 Å². The Morgan fingerprint density at radius 2 is 1.92 bits per heavy atom. The van der Waals surface area contributed by atoms with Crippen LogP contribution in [0.2, 0.25) is 0 Å². The molecule has 1 heterocycles. The van der Waals surface area contributed by atoms with Gasteiger partial charge in [0.25, 0.3) is 5.69 Å². The fourth-order valence-corrected chi connectivity index (χ4v) is 5.90. The molecule has 3 rings (SSSR count). The number of ether oxygens (including phenoxy) is 2. The first kappa shape index (κ1) is 27.3. The number of carbonyl (C=O) groups excluding carboxylic acids is 1. The van der Waals surface area contributed by atoms with Crippen LogP contribution in [0.3, 0.4) is 0 Å². The third-order valence-corrected chi connectivity index (χ3v) is 7.91. The number of anilines is 1. The number of nitrogens with one attached hydrogen (secondary N) is 1. The highest BCUT2D eigenvalue weighted by Crippen LogP contribution is 2.43. The molecule has 2 aromatic carbocycles. The number of fused-ring (bicyclic) bond motifs is 1. The molecular formula is C25H33N3O7S. The lowest BCUT2D eigenvalue weighted by Gasteiger charge is -2.42. The maximum absolute atomic E-state index is 13.7. The number of hydrogen-bond donors (Lipinski definition) is 1. The summed E-state index contributed by atoms with van der Waals surface area (Å²) in [7, 11) is -2.70. The first-order valence-corrected chi connectivity index (χ1v) is 13.7. The number of nitrogens with zero attached hydrogens (tertiary/aromatic N) is 2. The molecule has 0 saturated heterocycles. The van der Waals surface area contributed by atoms with E-state index < -0.39 is 38.5 Å². The number of hydrogen-bond acceptors (Lipinski definition) is 7. The van der Waals surface area contributed by atoms with Crippen molar-refractivity contribution in [2.24, 2.45) is 0 Å². The van der Waals surface area contributed by atoms with Crippen molar-refractivity contribution in [2.45, 2.75) is 64.1 Å². The van der Waals surface area contributed by atoms with Crippen LogP contribution in [0.4, 0.5) is 11.4 Å². The summed E-state index contributed by atoms with van der Waals surface area (Å²) < 4.78 is 38.5. The van der Waals surface area contributed by atoms with Crippen molar-refractivity contribution in [3.8, 4) is 11.5 Å². The second-order valence-electron chi connectivity index (χ2n) is 8.89. The highest BCUT2D eigenvalue weighted by atomic mass is 32.2. The number of carbonyl (C=O) groups is 1. The van der Waals surface area contributed by atoms with Gasteiger partial charge in [-0.1, -0.05) is 39.0 Å². The summed E-state index contributed by atoms with van der Waals surface area (Å²) in [5.74, 6) is 0.273. The van der Waals surface area contributed by atoms with Gasteiger partial charge in [-0.25, -0.2) is 8.42 Å². The molecule has 0 saturated carbocycles. The Balaban J connectivity index is 2.04. The standard InChI is InChI=1S/C25H33N3O7S/c1-6-20(27(36(5,32)33)21-15-17(28(30)31)13-14-23(21)34-4)24(29)26-19-16-25(7-2,8-3)35-22-12-10-9-11-18(19)22/h9-15,19-20H,6-8,16H2,1-5H3,(H,26,29)/t19-,20-/m1/s1. The molecule has 1 N–H and O–H groups in total. The fraction of sp³-hybridized carbons (Fsp3) is 0.480. The minimum atomic E-state index is -4.04. The maximum Gasteiger partial charge on any atom is 0.271 e. The van der Waals surface area contributed by atoms with Crippen LogP contribution in [0.15, 0.2) is 42.5 Å². The molecule has 2 atom stereocenters. The molecule has 0 spiro atoms. The summed E-state index contributed by atoms with van der Waals surface area (Å²) in [4.78, 5) is 24.5. The van der Waals surface area contributed by atoms with E-state index in [-0.39, 0.29) is 23.5 Å². The van der Waals surface area contributed by atoms with Crippen molar-refractivity contribution in [2.75, 3.05) is 17.7 Å². The number of nitro benzene ring substituents is 1. The minimum absolute atomic E-state index is 0.0694. The van der Waals surface area contributed by atoms with Crippen LogP contribution < -0.4 is 19.1 Å². The zero-order valence-corrected chi connectivity index (χ0v) is 22.0. The number of para-hydroxylation sites is 1. The molecule has 0 fully saturated rings. The molecule has 1 aliphatic rings. The first-order chi connectivity index (χ1) is 17.0. The number of sulfonamides is 1. The van der Waals surface area contributed by atoms with Crippen molar-refractivity contribution in [3.63, 3.8) is 0 Å². The average Bonchev–Trinajstić information content (AvgIpc) is 2.85. The first-order valence-electron chi connectivity index (χ1n) is 11.9. The van der Waals surface area contributed by atoms with Gasteiger partial charge in [-0.2, -0.15) is 0 Å². The largest absolute Gasteiger partial charge is 0.495 e. The Hall–Kier alpha value is -3.34. The smallest absolute Gasteiger partial charge is 0.271 e. The molecule has 1 amide bonds. The van der Waals surface area contributed by atoms with E-state index in [9.17, 15) is 23.3 Å². The summed E-state index contributed by atoms with van der Waals surface area (Å²) in [6.07, 6.45) is 3.09. The molecule has 0 unspecified atom stereocenters. The van der Waals surface area contributed by atoms with Gasteiger partial charge < -0.3 is 14.8 Å². The number of nitro groups is 1. The van der Waals surface area contributed by atoms with Gasteiger partial charge in [0.1, 0.15) is 28.8 Å². The molecule has 0 bridgehead atoms. The number of methoxy groups -OCH3 is 1. The van der Waals surface area contributed by atoms with E-state index in [0.717, 1.165) is 35.0 Å². The fourth-order valence-electron chi connectivity index (χ4n) is 4.70.